The maximum Gasteiger partial charge on any atom is 0.167 e. The van der Waals surface area contributed by atoms with Crippen LogP contribution in [-0.2, 0) is 6.54 Å². The van der Waals surface area contributed by atoms with E-state index in [9.17, 15) is 8.78 Å². The normalized spacial score (nSPS) is 9.90. The van der Waals surface area contributed by atoms with Gasteiger partial charge in [0.2, 0.25) is 0 Å². The van der Waals surface area contributed by atoms with Crippen molar-refractivity contribution in [3.05, 3.63) is 59.2 Å². The van der Waals surface area contributed by atoms with Crippen molar-refractivity contribution in [3.63, 3.8) is 0 Å². The third-order valence-corrected chi connectivity index (χ3v) is 2.82. The van der Waals surface area contributed by atoms with Crippen LogP contribution < -0.4 is 10.1 Å². The third-order valence-electron chi connectivity index (χ3n) is 2.82. The molecule has 0 unspecified atom stereocenters. The first kappa shape index (κ1) is 13.8. The van der Waals surface area contributed by atoms with Crippen LogP contribution in [0.1, 0.15) is 11.1 Å². The van der Waals surface area contributed by atoms with Gasteiger partial charge in [-0.1, -0.05) is 0 Å². The number of nitrogens with zero attached hydrogens (tertiary/aromatic N) is 1. The molecule has 0 amide bonds. The van der Waals surface area contributed by atoms with E-state index in [1.54, 1.807) is 6.07 Å². The molecule has 0 aliphatic heterocycles. The number of hydrogen-bond donors (Lipinski definition) is 1. The predicted octanol–water partition coefficient (Wildman–Crippen LogP) is 3.46. The molecule has 0 aliphatic rings. The van der Waals surface area contributed by atoms with Gasteiger partial charge < -0.3 is 10.1 Å². The fourth-order valence-electron chi connectivity index (χ4n) is 1.79. The van der Waals surface area contributed by atoms with Crippen molar-refractivity contribution >= 4 is 5.69 Å². The van der Waals surface area contributed by atoms with Crippen LogP contribution in [0.2, 0.25) is 0 Å². The van der Waals surface area contributed by atoms with Gasteiger partial charge in [0.15, 0.2) is 11.6 Å². The van der Waals surface area contributed by atoms with Crippen molar-refractivity contribution in [2.75, 3.05) is 12.4 Å². The Kier molecular flexibility index (Phi) is 4.16. The van der Waals surface area contributed by atoms with Crippen LogP contribution in [0, 0.1) is 23.0 Å². The summed E-state index contributed by atoms with van der Waals surface area (Å²) in [6.45, 7) is 0.229. The minimum Gasteiger partial charge on any atom is -0.494 e. The van der Waals surface area contributed by atoms with Gasteiger partial charge in [-0.05, 0) is 35.9 Å². The van der Waals surface area contributed by atoms with E-state index in [0.717, 1.165) is 0 Å². The lowest BCUT2D eigenvalue weighted by Crippen LogP contribution is -2.03. The van der Waals surface area contributed by atoms with E-state index in [2.05, 4.69) is 5.32 Å². The lowest BCUT2D eigenvalue weighted by Gasteiger charge is -2.09. The standard InChI is InChI=1S/C15H12F2N2O/c1-20-15-5-4-13(7-14(15)17)19-9-11-6-12(16)3-2-10(11)8-18/h2-7,19H,9H2,1H3. The maximum absolute atomic E-state index is 13.5. The average Bonchev–Trinajstić information content (AvgIpc) is 2.45. The van der Waals surface area contributed by atoms with Crippen LogP contribution in [-0.4, -0.2) is 7.11 Å². The van der Waals surface area contributed by atoms with Crippen molar-refractivity contribution in [2.45, 2.75) is 6.54 Å². The molecule has 102 valence electrons. The number of nitrogens with one attached hydrogen (secondary N) is 1. The number of hydrogen-bond acceptors (Lipinski definition) is 3. The number of methoxy groups -OCH3 is 1. The van der Waals surface area contributed by atoms with E-state index in [1.165, 1.54) is 37.4 Å². The van der Waals surface area contributed by atoms with Gasteiger partial charge in [-0.2, -0.15) is 5.26 Å². The van der Waals surface area contributed by atoms with E-state index in [1.807, 2.05) is 6.07 Å². The van der Waals surface area contributed by atoms with Gasteiger partial charge in [-0.25, -0.2) is 8.78 Å². The monoisotopic (exact) mass is 274 g/mol. The molecule has 0 bridgehead atoms. The van der Waals surface area contributed by atoms with Gasteiger partial charge in [-0.3, -0.25) is 0 Å². The number of nitriles is 1. The second kappa shape index (κ2) is 6.02. The summed E-state index contributed by atoms with van der Waals surface area (Å²) in [5.74, 6) is -0.752. The summed E-state index contributed by atoms with van der Waals surface area (Å²) in [4.78, 5) is 0. The van der Waals surface area contributed by atoms with Crippen LogP contribution in [0.25, 0.3) is 0 Å². The maximum atomic E-state index is 13.5. The number of benzene rings is 2. The second-order valence-corrected chi connectivity index (χ2v) is 4.12. The van der Waals surface area contributed by atoms with Gasteiger partial charge >= 0.3 is 0 Å². The fourth-order valence-corrected chi connectivity index (χ4v) is 1.79. The summed E-state index contributed by atoms with van der Waals surface area (Å²) < 4.78 is 31.5. The molecule has 0 saturated heterocycles. The Hall–Kier alpha value is -2.61. The van der Waals surface area contributed by atoms with Gasteiger partial charge in [0, 0.05) is 18.3 Å². The Labute approximate surface area is 115 Å². The summed E-state index contributed by atoms with van der Waals surface area (Å²) in [7, 11) is 1.39. The topological polar surface area (TPSA) is 45.0 Å². The molecule has 0 aliphatic carbocycles. The highest BCUT2D eigenvalue weighted by Gasteiger charge is 2.06. The molecular formula is C15H12F2N2O. The van der Waals surface area contributed by atoms with E-state index in [0.29, 0.717) is 16.8 Å². The lowest BCUT2D eigenvalue weighted by atomic mass is 10.1. The Morgan fingerprint density at radius 1 is 1.20 bits per heavy atom. The first-order valence-electron chi connectivity index (χ1n) is 5.90. The molecule has 2 rings (SSSR count). The molecule has 0 spiro atoms. The first-order chi connectivity index (χ1) is 9.63. The van der Waals surface area contributed by atoms with Crippen LogP contribution in [0.3, 0.4) is 0 Å². The number of anilines is 1. The zero-order valence-corrected chi connectivity index (χ0v) is 10.8. The zero-order chi connectivity index (χ0) is 14.5. The SMILES string of the molecule is COc1ccc(NCc2cc(F)ccc2C#N)cc1F. The number of rotatable bonds is 4. The van der Waals surface area contributed by atoms with Crippen molar-refractivity contribution in [3.8, 4) is 11.8 Å². The minimum atomic E-state index is -0.489. The first-order valence-corrected chi connectivity index (χ1v) is 5.90. The molecule has 20 heavy (non-hydrogen) atoms. The Morgan fingerprint density at radius 3 is 2.65 bits per heavy atom. The van der Waals surface area contributed by atoms with E-state index in [4.69, 9.17) is 10.00 Å². The van der Waals surface area contributed by atoms with E-state index < -0.39 is 11.6 Å². The van der Waals surface area contributed by atoms with Crippen LogP contribution in [0.15, 0.2) is 36.4 Å². The molecule has 2 aromatic carbocycles. The Morgan fingerprint density at radius 2 is 2.00 bits per heavy atom. The molecule has 0 radical (unpaired) electrons. The highest BCUT2D eigenvalue weighted by molar-refractivity contribution is 5.49. The highest BCUT2D eigenvalue weighted by Crippen LogP contribution is 2.21. The van der Waals surface area contributed by atoms with Crippen LogP contribution in [0.5, 0.6) is 5.75 Å². The molecule has 0 aromatic heterocycles. The molecule has 0 saturated carbocycles. The molecule has 5 heteroatoms. The predicted molar refractivity (Wildman–Crippen MR) is 71.4 cm³/mol. The van der Waals surface area contributed by atoms with E-state index in [-0.39, 0.29) is 12.3 Å². The molecule has 0 heterocycles. The van der Waals surface area contributed by atoms with Gasteiger partial charge in [-0.15, -0.1) is 0 Å². The van der Waals surface area contributed by atoms with Crippen molar-refractivity contribution in [1.29, 1.82) is 5.26 Å². The Balaban J connectivity index is 2.15. The number of ether oxygens (including phenoxy) is 1. The second-order valence-electron chi connectivity index (χ2n) is 4.12. The summed E-state index contributed by atoms with van der Waals surface area (Å²) >= 11 is 0. The Bertz CT molecular complexity index is 665. The third kappa shape index (κ3) is 3.04. The average molecular weight is 274 g/mol. The van der Waals surface area contributed by atoms with Gasteiger partial charge in [0.25, 0.3) is 0 Å². The highest BCUT2D eigenvalue weighted by atomic mass is 19.1. The summed E-state index contributed by atoms with van der Waals surface area (Å²) in [5.41, 5.74) is 1.42. The largest absolute Gasteiger partial charge is 0.494 e. The molecule has 0 atom stereocenters. The van der Waals surface area contributed by atoms with Crippen molar-refractivity contribution < 1.29 is 13.5 Å². The van der Waals surface area contributed by atoms with Gasteiger partial charge in [0.1, 0.15) is 5.82 Å². The molecule has 0 fully saturated rings. The molecule has 2 aromatic rings. The molecule has 1 N–H and O–H groups in total. The summed E-state index contributed by atoms with van der Waals surface area (Å²) in [6, 6.07) is 10.3. The van der Waals surface area contributed by atoms with Crippen LogP contribution in [0.4, 0.5) is 14.5 Å². The smallest absolute Gasteiger partial charge is 0.167 e. The summed E-state index contributed by atoms with van der Waals surface area (Å²) in [6.07, 6.45) is 0. The van der Waals surface area contributed by atoms with Crippen molar-refractivity contribution in [2.24, 2.45) is 0 Å². The quantitative estimate of drug-likeness (QED) is 0.928. The van der Waals surface area contributed by atoms with Gasteiger partial charge in [0.05, 0.1) is 18.7 Å². The zero-order valence-electron chi connectivity index (χ0n) is 10.8. The fraction of sp³-hybridized carbons (Fsp3) is 0.133. The van der Waals surface area contributed by atoms with Crippen molar-refractivity contribution in [1.82, 2.24) is 0 Å². The summed E-state index contributed by atoms with van der Waals surface area (Å²) in [5, 5.41) is 11.9. The number of halogens is 2. The molecular weight excluding hydrogens is 262 g/mol. The minimum absolute atomic E-state index is 0.152. The van der Waals surface area contributed by atoms with Crippen LogP contribution >= 0.6 is 0 Å². The molecule has 3 nitrogen and oxygen atoms in total. The van der Waals surface area contributed by atoms with E-state index >= 15 is 0 Å². The lowest BCUT2D eigenvalue weighted by molar-refractivity contribution is 0.386.